The van der Waals surface area contributed by atoms with Gasteiger partial charge in [-0.3, -0.25) is 4.79 Å². The highest BCUT2D eigenvalue weighted by molar-refractivity contribution is 7.89. The number of carbonyl (C=O) groups is 2. The normalized spacial score (nSPS) is 13.1. The van der Waals surface area contributed by atoms with E-state index in [4.69, 9.17) is 5.11 Å². The fourth-order valence-electron chi connectivity index (χ4n) is 1.57. The molecule has 1 rings (SSSR count). The van der Waals surface area contributed by atoms with E-state index in [0.717, 1.165) is 24.0 Å². The number of esters is 1. The summed E-state index contributed by atoms with van der Waals surface area (Å²) in [6, 6.07) is -1.28. The largest absolute Gasteiger partial charge is 0.480 e. The van der Waals surface area contributed by atoms with Crippen LogP contribution >= 0.6 is 11.5 Å². The fourth-order valence-corrected chi connectivity index (χ4v) is 3.89. The number of sulfonamides is 1. The first kappa shape index (κ1) is 17.5. The van der Waals surface area contributed by atoms with Crippen LogP contribution in [0.25, 0.3) is 0 Å². The standard InChI is InChI=1S/C11H16N2O6S2/c1-6(2)4-7(10(14)15)13-21(17,18)8-5-20-12-9(8)11(16)19-3/h5-7,13H,4H2,1-3H3,(H,14,15)/t7-/m0/s1. The van der Waals surface area contributed by atoms with Crippen molar-refractivity contribution in [2.45, 2.75) is 31.2 Å². The van der Waals surface area contributed by atoms with Crippen molar-refractivity contribution in [3.8, 4) is 0 Å². The van der Waals surface area contributed by atoms with Crippen molar-refractivity contribution in [2.75, 3.05) is 7.11 Å². The van der Waals surface area contributed by atoms with Crippen LogP contribution in [0.3, 0.4) is 0 Å². The van der Waals surface area contributed by atoms with Crippen molar-refractivity contribution in [3.05, 3.63) is 11.1 Å². The lowest BCUT2D eigenvalue weighted by atomic mass is 10.1. The summed E-state index contributed by atoms with van der Waals surface area (Å²) in [5, 5.41) is 10.2. The number of ether oxygens (including phenoxy) is 1. The predicted octanol–water partition coefficient (Wildman–Crippen LogP) is 0.707. The molecule has 0 fully saturated rings. The number of hydrogen-bond donors (Lipinski definition) is 2. The molecule has 0 aliphatic carbocycles. The van der Waals surface area contributed by atoms with E-state index in [9.17, 15) is 18.0 Å². The Balaban J connectivity index is 3.08. The molecule has 1 heterocycles. The summed E-state index contributed by atoms with van der Waals surface area (Å²) < 4.78 is 34.6. The topological polar surface area (TPSA) is 123 Å². The summed E-state index contributed by atoms with van der Waals surface area (Å²) in [6.07, 6.45) is 0.125. The van der Waals surface area contributed by atoms with Crippen LogP contribution in [0.15, 0.2) is 10.3 Å². The van der Waals surface area contributed by atoms with Crippen LogP contribution < -0.4 is 4.72 Å². The van der Waals surface area contributed by atoms with Gasteiger partial charge in [0.05, 0.1) is 7.11 Å². The predicted molar refractivity (Wildman–Crippen MR) is 74.7 cm³/mol. The molecule has 0 saturated heterocycles. The number of hydrogen-bond acceptors (Lipinski definition) is 7. The molecule has 0 saturated carbocycles. The Labute approximate surface area is 126 Å². The molecule has 8 nitrogen and oxygen atoms in total. The number of nitrogens with zero attached hydrogens (tertiary/aromatic N) is 1. The van der Waals surface area contributed by atoms with Gasteiger partial charge >= 0.3 is 11.9 Å². The molecule has 0 aromatic carbocycles. The molecule has 10 heteroatoms. The third kappa shape index (κ3) is 4.48. The quantitative estimate of drug-likeness (QED) is 0.703. The number of nitrogens with one attached hydrogen (secondary N) is 1. The van der Waals surface area contributed by atoms with E-state index >= 15 is 0 Å². The fraction of sp³-hybridized carbons (Fsp3) is 0.545. The molecule has 21 heavy (non-hydrogen) atoms. The first-order chi connectivity index (χ1) is 9.69. The minimum absolute atomic E-state index is 0.0190. The molecule has 1 aromatic heterocycles. The monoisotopic (exact) mass is 336 g/mol. The maximum atomic E-state index is 12.2. The van der Waals surface area contributed by atoms with Gasteiger partial charge in [0.2, 0.25) is 10.0 Å². The van der Waals surface area contributed by atoms with Crippen molar-refractivity contribution in [2.24, 2.45) is 5.92 Å². The van der Waals surface area contributed by atoms with Crippen molar-refractivity contribution in [1.82, 2.24) is 9.10 Å². The summed E-state index contributed by atoms with van der Waals surface area (Å²) in [5.41, 5.74) is -0.358. The minimum Gasteiger partial charge on any atom is -0.480 e. The minimum atomic E-state index is -4.18. The summed E-state index contributed by atoms with van der Waals surface area (Å²) in [6.45, 7) is 3.55. The highest BCUT2D eigenvalue weighted by Gasteiger charge is 2.31. The summed E-state index contributed by atoms with van der Waals surface area (Å²) in [4.78, 5) is 22.2. The number of carbonyl (C=O) groups excluding carboxylic acids is 1. The zero-order chi connectivity index (χ0) is 16.2. The van der Waals surface area contributed by atoms with Gasteiger partial charge in [-0.2, -0.15) is 9.10 Å². The zero-order valence-corrected chi connectivity index (χ0v) is 13.3. The molecule has 118 valence electrons. The lowest BCUT2D eigenvalue weighted by molar-refractivity contribution is -0.139. The van der Waals surface area contributed by atoms with Gasteiger partial charge in [0.1, 0.15) is 10.9 Å². The SMILES string of the molecule is COC(=O)c1nscc1S(=O)(=O)N[C@@H](CC(C)C)C(=O)O. The van der Waals surface area contributed by atoms with Gasteiger partial charge in [-0.1, -0.05) is 13.8 Å². The van der Waals surface area contributed by atoms with Crippen LogP contribution in [0.1, 0.15) is 30.8 Å². The van der Waals surface area contributed by atoms with Crippen LogP contribution in [0.2, 0.25) is 0 Å². The van der Waals surface area contributed by atoms with E-state index in [0.29, 0.717) is 0 Å². The Kier molecular flexibility index (Phi) is 5.81. The number of rotatable bonds is 7. The molecule has 0 unspecified atom stereocenters. The van der Waals surface area contributed by atoms with Crippen LogP contribution in [-0.2, 0) is 19.6 Å². The van der Waals surface area contributed by atoms with Gasteiger partial charge in [-0.25, -0.2) is 13.2 Å². The van der Waals surface area contributed by atoms with Crippen molar-refractivity contribution in [3.63, 3.8) is 0 Å². The molecule has 1 aromatic rings. The molecule has 0 bridgehead atoms. The Hall–Kier alpha value is -1.52. The molecule has 1 atom stereocenters. The van der Waals surface area contributed by atoms with E-state index in [1.165, 1.54) is 0 Å². The molecule has 0 amide bonds. The van der Waals surface area contributed by atoms with Crippen molar-refractivity contribution in [1.29, 1.82) is 0 Å². The van der Waals surface area contributed by atoms with Gasteiger partial charge in [0.25, 0.3) is 0 Å². The van der Waals surface area contributed by atoms with E-state index in [1.54, 1.807) is 13.8 Å². The van der Waals surface area contributed by atoms with Crippen LogP contribution in [0.4, 0.5) is 0 Å². The molecule has 0 aliphatic rings. The number of aromatic nitrogens is 1. The molecule has 2 N–H and O–H groups in total. The number of carboxylic acid groups (broad SMARTS) is 1. The van der Waals surface area contributed by atoms with Gasteiger partial charge in [0.15, 0.2) is 5.69 Å². The second kappa shape index (κ2) is 6.96. The van der Waals surface area contributed by atoms with E-state index in [-0.39, 0.29) is 22.9 Å². The molecule has 0 radical (unpaired) electrons. The first-order valence-corrected chi connectivity index (χ1v) is 8.28. The zero-order valence-electron chi connectivity index (χ0n) is 11.7. The number of methoxy groups -OCH3 is 1. The summed E-state index contributed by atoms with van der Waals surface area (Å²) >= 11 is 0.769. The lowest BCUT2D eigenvalue weighted by Crippen LogP contribution is -2.41. The summed E-state index contributed by atoms with van der Waals surface area (Å²) in [7, 11) is -3.07. The Morgan fingerprint density at radius 3 is 2.57 bits per heavy atom. The highest BCUT2D eigenvalue weighted by atomic mass is 32.2. The molecular formula is C11H16N2O6S2. The highest BCUT2D eigenvalue weighted by Crippen LogP contribution is 2.19. The molecular weight excluding hydrogens is 320 g/mol. The Morgan fingerprint density at radius 1 is 1.48 bits per heavy atom. The average Bonchev–Trinajstić information content (AvgIpc) is 2.86. The average molecular weight is 336 g/mol. The van der Waals surface area contributed by atoms with E-state index < -0.39 is 28.0 Å². The third-order valence-electron chi connectivity index (χ3n) is 2.51. The van der Waals surface area contributed by atoms with Crippen molar-refractivity contribution < 1.29 is 27.9 Å². The van der Waals surface area contributed by atoms with Crippen LogP contribution in [0, 0.1) is 5.92 Å². The van der Waals surface area contributed by atoms with Gasteiger partial charge in [-0.05, 0) is 23.9 Å². The number of aliphatic carboxylic acids is 1. The van der Waals surface area contributed by atoms with Gasteiger partial charge in [0, 0.05) is 5.38 Å². The lowest BCUT2D eigenvalue weighted by Gasteiger charge is -2.16. The van der Waals surface area contributed by atoms with Crippen LogP contribution in [-0.4, -0.2) is 43.0 Å². The Morgan fingerprint density at radius 2 is 2.10 bits per heavy atom. The maximum absolute atomic E-state index is 12.2. The van der Waals surface area contributed by atoms with Crippen molar-refractivity contribution >= 4 is 33.5 Å². The maximum Gasteiger partial charge on any atom is 0.359 e. The first-order valence-electron chi connectivity index (χ1n) is 5.96. The van der Waals surface area contributed by atoms with E-state index in [1.807, 2.05) is 0 Å². The van der Waals surface area contributed by atoms with Gasteiger partial charge in [-0.15, -0.1) is 0 Å². The van der Waals surface area contributed by atoms with Crippen LogP contribution in [0.5, 0.6) is 0 Å². The second-order valence-electron chi connectivity index (χ2n) is 4.66. The third-order valence-corrected chi connectivity index (χ3v) is 4.77. The molecule has 0 spiro atoms. The van der Waals surface area contributed by atoms with Gasteiger partial charge < -0.3 is 9.84 Å². The number of carboxylic acids is 1. The van der Waals surface area contributed by atoms with E-state index in [2.05, 4.69) is 13.8 Å². The summed E-state index contributed by atoms with van der Waals surface area (Å²) in [5.74, 6) is -2.20. The smallest absolute Gasteiger partial charge is 0.359 e. The molecule has 0 aliphatic heterocycles. The Bertz CT molecular complexity index is 622. The second-order valence-corrected chi connectivity index (χ2v) is 6.97.